The molecule has 2 aromatic rings. The number of alkyl halides is 3. The lowest BCUT2D eigenvalue weighted by Gasteiger charge is -2.38. The molecule has 0 radical (unpaired) electrons. The van der Waals surface area contributed by atoms with Gasteiger partial charge in [-0.2, -0.15) is 18.4 Å². The predicted octanol–water partition coefficient (Wildman–Crippen LogP) is 4.36. The minimum atomic E-state index is -4.47. The van der Waals surface area contributed by atoms with Crippen LogP contribution in [0.4, 0.5) is 13.2 Å². The van der Waals surface area contributed by atoms with E-state index in [1.165, 1.54) is 35.9 Å². The van der Waals surface area contributed by atoms with Crippen molar-refractivity contribution in [2.75, 3.05) is 12.9 Å². The van der Waals surface area contributed by atoms with E-state index < -0.39 is 29.3 Å². The van der Waals surface area contributed by atoms with Gasteiger partial charge in [0.2, 0.25) is 5.91 Å². The topological polar surface area (TPSA) is 73.6 Å². The summed E-state index contributed by atoms with van der Waals surface area (Å²) in [6, 6.07) is 13.3. The molecule has 5 nitrogen and oxygen atoms in total. The van der Waals surface area contributed by atoms with Crippen LogP contribution in [0.25, 0.3) is 0 Å². The van der Waals surface area contributed by atoms with Crippen molar-refractivity contribution in [3.05, 3.63) is 75.8 Å². The number of ether oxygens (including phenoxy) is 1. The van der Waals surface area contributed by atoms with Gasteiger partial charge in [0.15, 0.2) is 5.72 Å². The Morgan fingerprint density at radius 2 is 1.97 bits per heavy atom. The van der Waals surface area contributed by atoms with Gasteiger partial charge in [0, 0.05) is 17.9 Å². The Kier molecular flexibility index (Phi) is 5.23. The summed E-state index contributed by atoms with van der Waals surface area (Å²) in [5.41, 5.74) is -1.30. The average molecular weight is 446 g/mol. The number of aliphatic hydroxyl groups is 1. The van der Waals surface area contributed by atoms with E-state index in [-0.39, 0.29) is 17.7 Å². The zero-order valence-corrected chi connectivity index (χ0v) is 17.1. The molecule has 0 aromatic heterocycles. The third-order valence-corrected chi connectivity index (χ3v) is 6.71. The van der Waals surface area contributed by atoms with Crippen molar-refractivity contribution in [1.82, 2.24) is 4.90 Å². The van der Waals surface area contributed by atoms with Gasteiger partial charge < -0.3 is 9.84 Å². The molecule has 2 atom stereocenters. The van der Waals surface area contributed by atoms with Crippen LogP contribution in [0.1, 0.15) is 29.0 Å². The number of allylic oxidation sites excluding steroid dienone is 1. The Bertz CT molecular complexity index is 1110. The van der Waals surface area contributed by atoms with Crippen LogP contribution in [-0.4, -0.2) is 28.8 Å². The molecule has 1 amide bonds. The maximum Gasteiger partial charge on any atom is 0.416 e. The Morgan fingerprint density at radius 3 is 2.58 bits per heavy atom. The van der Waals surface area contributed by atoms with Crippen molar-refractivity contribution in [3.8, 4) is 11.8 Å². The number of carbonyl (C=O) groups excluding carboxylic acids is 1. The summed E-state index contributed by atoms with van der Waals surface area (Å²) < 4.78 is 43.9. The number of methoxy groups -OCH3 is 1. The first-order chi connectivity index (χ1) is 14.7. The van der Waals surface area contributed by atoms with Crippen molar-refractivity contribution in [3.63, 3.8) is 0 Å². The summed E-state index contributed by atoms with van der Waals surface area (Å²) in [6.07, 6.45) is -4.60. The smallest absolute Gasteiger partial charge is 0.416 e. The van der Waals surface area contributed by atoms with Gasteiger partial charge in [-0.3, -0.25) is 9.69 Å². The number of halogens is 3. The fourth-order valence-corrected chi connectivity index (χ4v) is 5.26. The largest absolute Gasteiger partial charge is 0.497 e. The van der Waals surface area contributed by atoms with Crippen LogP contribution >= 0.6 is 11.8 Å². The highest BCUT2D eigenvalue weighted by molar-refractivity contribution is 8.03. The molecule has 160 valence electrons. The van der Waals surface area contributed by atoms with E-state index in [0.29, 0.717) is 21.9 Å². The number of nitrogens with zero attached hydrogens (tertiary/aromatic N) is 2. The predicted molar refractivity (Wildman–Crippen MR) is 108 cm³/mol. The number of fused-ring (bicyclic) bond motifs is 1. The lowest BCUT2D eigenvalue weighted by Crippen LogP contribution is -2.48. The second-order valence-electron chi connectivity index (χ2n) is 7.27. The summed E-state index contributed by atoms with van der Waals surface area (Å²) in [5.74, 6) is -0.451. The average Bonchev–Trinajstić information content (AvgIpc) is 3.12. The van der Waals surface area contributed by atoms with Gasteiger partial charge in [-0.15, -0.1) is 11.8 Å². The molecule has 0 aliphatic carbocycles. The number of hydrogen-bond donors (Lipinski definition) is 1. The minimum Gasteiger partial charge on any atom is -0.497 e. The molecule has 2 aliphatic rings. The molecule has 0 unspecified atom stereocenters. The Morgan fingerprint density at radius 1 is 1.26 bits per heavy atom. The number of hydrogen-bond acceptors (Lipinski definition) is 5. The minimum absolute atomic E-state index is 0.117. The van der Waals surface area contributed by atoms with Gasteiger partial charge in [0.1, 0.15) is 5.75 Å². The van der Waals surface area contributed by atoms with Crippen LogP contribution in [0.5, 0.6) is 5.75 Å². The molecule has 0 bridgehead atoms. The van der Waals surface area contributed by atoms with Crippen LogP contribution < -0.4 is 4.74 Å². The summed E-state index contributed by atoms with van der Waals surface area (Å²) in [4.78, 5) is 14.3. The fraction of sp³-hybridized carbons (Fsp3) is 0.273. The molecule has 0 spiro atoms. The van der Waals surface area contributed by atoms with Crippen molar-refractivity contribution < 1.29 is 27.8 Å². The van der Waals surface area contributed by atoms with Gasteiger partial charge in [-0.1, -0.05) is 24.3 Å². The molecule has 31 heavy (non-hydrogen) atoms. The van der Waals surface area contributed by atoms with E-state index in [1.807, 2.05) is 0 Å². The molecule has 1 saturated heterocycles. The van der Waals surface area contributed by atoms with E-state index in [0.717, 1.165) is 12.1 Å². The molecule has 2 aromatic carbocycles. The lowest BCUT2D eigenvalue weighted by atomic mass is 9.85. The van der Waals surface area contributed by atoms with Gasteiger partial charge >= 0.3 is 6.18 Å². The first-order valence-electron chi connectivity index (χ1n) is 9.33. The van der Waals surface area contributed by atoms with E-state index in [9.17, 15) is 28.3 Å². The summed E-state index contributed by atoms with van der Waals surface area (Å²) in [5, 5.41) is 21.6. The summed E-state index contributed by atoms with van der Waals surface area (Å²) >= 11 is 1.18. The molecule has 9 heteroatoms. The highest BCUT2D eigenvalue weighted by Crippen LogP contribution is 2.52. The van der Waals surface area contributed by atoms with Gasteiger partial charge in [-0.05, 0) is 29.8 Å². The SMILES string of the molecule is COc1cccc([C@]2(O)CSC3=C(C#N)[C@H](c4ccc(C(F)(F)F)cc4)CC(=O)N32)c1. The number of thioether (sulfide) groups is 1. The monoisotopic (exact) mass is 446 g/mol. The molecule has 1 N–H and O–H groups in total. The van der Waals surface area contributed by atoms with E-state index in [2.05, 4.69) is 6.07 Å². The van der Waals surface area contributed by atoms with Crippen LogP contribution in [-0.2, 0) is 16.7 Å². The van der Waals surface area contributed by atoms with Gasteiger partial charge in [0.05, 0.1) is 35.1 Å². The standard InChI is InChI=1S/C22H17F3N2O3S/c1-30-16-4-2-3-15(9-16)21(29)12-31-20-18(11-26)17(10-19(28)27(20)21)13-5-7-14(8-6-13)22(23,24)25/h2-9,17,29H,10,12H2,1H3/t17-,21+/m0/s1. The highest BCUT2D eigenvalue weighted by Gasteiger charge is 2.52. The molecular formula is C22H17F3N2O3S. The zero-order chi connectivity index (χ0) is 22.4. The summed E-state index contributed by atoms with van der Waals surface area (Å²) in [7, 11) is 1.49. The molecule has 4 rings (SSSR count). The Balaban J connectivity index is 1.75. The number of rotatable bonds is 3. The molecule has 0 saturated carbocycles. The Labute approximate surface area is 180 Å². The van der Waals surface area contributed by atoms with Crippen LogP contribution in [0.2, 0.25) is 0 Å². The quantitative estimate of drug-likeness (QED) is 0.759. The second-order valence-corrected chi connectivity index (χ2v) is 8.24. The molecule has 2 heterocycles. The third kappa shape index (κ3) is 3.56. The van der Waals surface area contributed by atoms with Crippen molar-refractivity contribution >= 4 is 17.7 Å². The third-order valence-electron chi connectivity index (χ3n) is 5.48. The Hall–Kier alpha value is -2.96. The lowest BCUT2D eigenvalue weighted by molar-refractivity contribution is -0.149. The zero-order valence-electron chi connectivity index (χ0n) is 16.3. The van der Waals surface area contributed by atoms with E-state index in [1.54, 1.807) is 24.3 Å². The molecule has 2 aliphatic heterocycles. The van der Waals surface area contributed by atoms with E-state index in [4.69, 9.17) is 4.74 Å². The van der Waals surface area contributed by atoms with Crippen LogP contribution in [0, 0.1) is 11.3 Å². The normalized spacial score (nSPS) is 23.5. The number of benzene rings is 2. The first kappa shape index (κ1) is 21.3. The van der Waals surface area contributed by atoms with Crippen LogP contribution in [0.15, 0.2) is 59.1 Å². The van der Waals surface area contributed by atoms with Crippen LogP contribution in [0.3, 0.4) is 0 Å². The summed E-state index contributed by atoms with van der Waals surface area (Å²) in [6.45, 7) is 0. The van der Waals surface area contributed by atoms with Gasteiger partial charge in [-0.25, -0.2) is 0 Å². The molecular weight excluding hydrogens is 429 g/mol. The second kappa shape index (κ2) is 7.62. The van der Waals surface area contributed by atoms with Crippen molar-refractivity contribution in [2.45, 2.75) is 24.2 Å². The highest BCUT2D eigenvalue weighted by atomic mass is 32.2. The van der Waals surface area contributed by atoms with Gasteiger partial charge in [0.25, 0.3) is 0 Å². The number of nitriles is 1. The maximum absolute atomic E-state index is 13.1. The molecule has 1 fully saturated rings. The first-order valence-corrected chi connectivity index (χ1v) is 10.3. The number of carbonyl (C=O) groups is 1. The number of amides is 1. The maximum atomic E-state index is 13.1. The fourth-order valence-electron chi connectivity index (χ4n) is 3.90. The van der Waals surface area contributed by atoms with E-state index >= 15 is 0 Å². The van der Waals surface area contributed by atoms with Crippen molar-refractivity contribution in [2.24, 2.45) is 0 Å². The van der Waals surface area contributed by atoms with Crippen molar-refractivity contribution in [1.29, 1.82) is 5.26 Å².